The normalized spacial score (nSPS) is 16.9. The molecule has 1 N–H and O–H groups in total. The van der Waals surface area contributed by atoms with Crippen LogP contribution in [0.15, 0.2) is 16.6 Å². The largest absolute Gasteiger partial charge is 0.507 e. The summed E-state index contributed by atoms with van der Waals surface area (Å²) in [5.41, 5.74) is 0.605. The molecule has 0 bridgehead atoms. The fourth-order valence-corrected chi connectivity index (χ4v) is 2.07. The number of hydrogen-bond donors (Lipinski definition) is 1. The number of phenols is 1. The van der Waals surface area contributed by atoms with E-state index in [1.165, 1.54) is 6.07 Å². The molecule has 0 spiro atoms. The molecule has 1 aromatic rings. The highest BCUT2D eigenvalue weighted by Gasteiger charge is 2.24. The van der Waals surface area contributed by atoms with Gasteiger partial charge in [0.05, 0.1) is 25.9 Å². The van der Waals surface area contributed by atoms with E-state index in [1.807, 2.05) is 0 Å². The van der Waals surface area contributed by atoms with Gasteiger partial charge in [-0.2, -0.15) is 0 Å². The standard InChI is InChI=1S/C10H11BrO4/c1-13-6-4-7(11)9(8(12)5-6)10-14-2-3-15-10/h4-5,10,12H,2-3H2,1H3. The van der Waals surface area contributed by atoms with E-state index in [-0.39, 0.29) is 5.75 Å². The predicted molar refractivity (Wildman–Crippen MR) is 57.0 cm³/mol. The van der Waals surface area contributed by atoms with Crippen LogP contribution < -0.4 is 4.74 Å². The molecule has 0 amide bonds. The van der Waals surface area contributed by atoms with Gasteiger partial charge in [0.1, 0.15) is 11.5 Å². The Morgan fingerprint density at radius 1 is 1.40 bits per heavy atom. The lowest BCUT2D eigenvalue weighted by molar-refractivity contribution is -0.0460. The molecule has 1 aliphatic rings. The van der Waals surface area contributed by atoms with Gasteiger partial charge in [-0.1, -0.05) is 15.9 Å². The van der Waals surface area contributed by atoms with Gasteiger partial charge >= 0.3 is 0 Å². The fourth-order valence-electron chi connectivity index (χ4n) is 1.46. The van der Waals surface area contributed by atoms with E-state index >= 15 is 0 Å². The maximum absolute atomic E-state index is 9.79. The predicted octanol–water partition coefficient (Wildman–Crippen LogP) is 2.21. The molecule has 0 saturated carbocycles. The van der Waals surface area contributed by atoms with Crippen molar-refractivity contribution >= 4 is 15.9 Å². The second-order valence-corrected chi connectivity index (χ2v) is 3.97. The Balaban J connectivity index is 2.37. The lowest BCUT2D eigenvalue weighted by Crippen LogP contribution is -2.00. The highest BCUT2D eigenvalue weighted by molar-refractivity contribution is 9.10. The zero-order chi connectivity index (χ0) is 10.8. The number of aromatic hydroxyl groups is 1. The molecule has 0 aliphatic carbocycles. The van der Waals surface area contributed by atoms with Crippen LogP contribution in [0.4, 0.5) is 0 Å². The van der Waals surface area contributed by atoms with E-state index in [2.05, 4.69) is 15.9 Å². The zero-order valence-corrected chi connectivity index (χ0v) is 9.78. The van der Waals surface area contributed by atoms with Gasteiger partial charge in [-0.3, -0.25) is 0 Å². The summed E-state index contributed by atoms with van der Waals surface area (Å²) in [6.07, 6.45) is -0.495. The number of rotatable bonds is 2. The molecule has 15 heavy (non-hydrogen) atoms. The monoisotopic (exact) mass is 274 g/mol. The van der Waals surface area contributed by atoms with Crippen molar-refractivity contribution < 1.29 is 19.3 Å². The summed E-state index contributed by atoms with van der Waals surface area (Å²) in [4.78, 5) is 0. The van der Waals surface area contributed by atoms with Crippen LogP contribution >= 0.6 is 15.9 Å². The van der Waals surface area contributed by atoms with E-state index in [0.717, 1.165) is 0 Å². The van der Waals surface area contributed by atoms with Gasteiger partial charge in [0.25, 0.3) is 0 Å². The van der Waals surface area contributed by atoms with Crippen molar-refractivity contribution in [3.63, 3.8) is 0 Å². The molecule has 4 nitrogen and oxygen atoms in total. The summed E-state index contributed by atoms with van der Waals surface area (Å²) < 4.78 is 16.4. The maximum atomic E-state index is 9.79. The van der Waals surface area contributed by atoms with Crippen LogP contribution in [0.3, 0.4) is 0 Å². The summed E-state index contributed by atoms with van der Waals surface area (Å²) in [7, 11) is 1.55. The second-order valence-electron chi connectivity index (χ2n) is 3.12. The molecule has 0 unspecified atom stereocenters. The SMILES string of the molecule is COc1cc(O)c(C2OCCO2)c(Br)c1. The molecular formula is C10H11BrO4. The van der Waals surface area contributed by atoms with Crippen molar-refractivity contribution in [3.8, 4) is 11.5 Å². The van der Waals surface area contributed by atoms with Gasteiger partial charge in [-0.05, 0) is 6.07 Å². The van der Waals surface area contributed by atoms with E-state index in [1.54, 1.807) is 13.2 Å². The Bertz CT molecular complexity index is 337. The minimum absolute atomic E-state index is 0.105. The van der Waals surface area contributed by atoms with E-state index in [9.17, 15) is 5.11 Å². The van der Waals surface area contributed by atoms with Crippen LogP contribution in [0.25, 0.3) is 0 Å². The van der Waals surface area contributed by atoms with E-state index in [4.69, 9.17) is 14.2 Å². The van der Waals surface area contributed by atoms with Crippen molar-refractivity contribution in [2.75, 3.05) is 20.3 Å². The first-order chi connectivity index (χ1) is 7.22. The second kappa shape index (κ2) is 4.38. The van der Waals surface area contributed by atoms with Crippen molar-refractivity contribution in [1.29, 1.82) is 0 Å². The molecule has 0 aromatic heterocycles. The van der Waals surface area contributed by atoms with Gasteiger partial charge in [0.2, 0.25) is 0 Å². The minimum atomic E-state index is -0.495. The lowest BCUT2D eigenvalue weighted by atomic mass is 10.2. The quantitative estimate of drug-likeness (QED) is 0.899. The number of hydrogen-bond acceptors (Lipinski definition) is 4. The molecular weight excluding hydrogens is 264 g/mol. The Labute approximate surface area is 95.9 Å². The first kappa shape index (κ1) is 10.7. The van der Waals surface area contributed by atoms with Crippen molar-refractivity contribution in [2.24, 2.45) is 0 Å². The third-order valence-electron chi connectivity index (χ3n) is 2.17. The Hall–Kier alpha value is -0.780. The van der Waals surface area contributed by atoms with E-state index < -0.39 is 6.29 Å². The summed E-state index contributed by atoms with van der Waals surface area (Å²) in [5, 5.41) is 9.79. The van der Waals surface area contributed by atoms with Crippen LogP contribution in [0.1, 0.15) is 11.9 Å². The summed E-state index contributed by atoms with van der Waals surface area (Å²) in [6.45, 7) is 1.09. The van der Waals surface area contributed by atoms with Gasteiger partial charge in [0.15, 0.2) is 6.29 Å². The highest BCUT2D eigenvalue weighted by atomic mass is 79.9. The Morgan fingerprint density at radius 3 is 2.60 bits per heavy atom. The molecule has 1 heterocycles. The van der Waals surface area contributed by atoms with Gasteiger partial charge < -0.3 is 19.3 Å². The van der Waals surface area contributed by atoms with E-state index in [0.29, 0.717) is 29.0 Å². The average Bonchev–Trinajstić information content (AvgIpc) is 2.69. The van der Waals surface area contributed by atoms with Crippen LogP contribution in [-0.4, -0.2) is 25.4 Å². The number of benzene rings is 1. The molecule has 82 valence electrons. The molecule has 1 aromatic carbocycles. The summed E-state index contributed by atoms with van der Waals surface area (Å²) in [5.74, 6) is 0.689. The topological polar surface area (TPSA) is 47.9 Å². The molecule has 1 aliphatic heterocycles. The number of methoxy groups -OCH3 is 1. The number of phenolic OH excluding ortho intramolecular Hbond substituents is 1. The Kier molecular flexibility index (Phi) is 3.14. The highest BCUT2D eigenvalue weighted by Crippen LogP contribution is 2.39. The number of halogens is 1. The zero-order valence-electron chi connectivity index (χ0n) is 8.20. The van der Waals surface area contributed by atoms with Crippen molar-refractivity contribution in [2.45, 2.75) is 6.29 Å². The molecule has 1 saturated heterocycles. The van der Waals surface area contributed by atoms with Crippen LogP contribution in [-0.2, 0) is 9.47 Å². The third-order valence-corrected chi connectivity index (χ3v) is 2.83. The smallest absolute Gasteiger partial charge is 0.188 e. The van der Waals surface area contributed by atoms with Crippen LogP contribution in [0, 0.1) is 0 Å². The first-order valence-electron chi connectivity index (χ1n) is 4.52. The molecule has 0 radical (unpaired) electrons. The van der Waals surface area contributed by atoms with Gasteiger partial charge in [0, 0.05) is 10.5 Å². The van der Waals surface area contributed by atoms with Crippen LogP contribution in [0.5, 0.6) is 11.5 Å². The van der Waals surface area contributed by atoms with Crippen LogP contribution in [0.2, 0.25) is 0 Å². The van der Waals surface area contributed by atoms with Crippen molar-refractivity contribution in [3.05, 3.63) is 22.2 Å². The fraction of sp³-hybridized carbons (Fsp3) is 0.400. The third kappa shape index (κ3) is 2.09. The molecule has 1 fully saturated rings. The number of ether oxygens (including phenoxy) is 3. The van der Waals surface area contributed by atoms with Crippen molar-refractivity contribution in [1.82, 2.24) is 0 Å². The molecule has 5 heteroatoms. The van der Waals surface area contributed by atoms with Gasteiger partial charge in [-0.15, -0.1) is 0 Å². The summed E-state index contributed by atoms with van der Waals surface area (Å²) in [6, 6.07) is 3.30. The summed E-state index contributed by atoms with van der Waals surface area (Å²) >= 11 is 3.35. The lowest BCUT2D eigenvalue weighted by Gasteiger charge is -2.14. The first-order valence-corrected chi connectivity index (χ1v) is 5.31. The average molecular weight is 275 g/mol. The maximum Gasteiger partial charge on any atom is 0.188 e. The minimum Gasteiger partial charge on any atom is -0.507 e. The van der Waals surface area contributed by atoms with Gasteiger partial charge in [-0.25, -0.2) is 0 Å². The molecule has 2 rings (SSSR count). The molecule has 0 atom stereocenters. The Morgan fingerprint density at radius 2 is 2.07 bits per heavy atom.